The maximum Gasteiger partial charge on any atom is 0.120 e. The van der Waals surface area contributed by atoms with Crippen molar-refractivity contribution in [2.45, 2.75) is 82.7 Å². The van der Waals surface area contributed by atoms with Crippen LogP contribution in [-0.2, 0) is 9.47 Å². The van der Waals surface area contributed by atoms with Crippen molar-refractivity contribution >= 4 is 0 Å². The van der Waals surface area contributed by atoms with E-state index in [4.69, 9.17) is 9.47 Å². The van der Waals surface area contributed by atoms with Gasteiger partial charge in [0.25, 0.3) is 0 Å². The van der Waals surface area contributed by atoms with Crippen molar-refractivity contribution in [1.29, 1.82) is 0 Å². The van der Waals surface area contributed by atoms with Crippen LogP contribution in [0.25, 0.3) is 0 Å². The van der Waals surface area contributed by atoms with E-state index in [1.807, 2.05) is 6.08 Å². The van der Waals surface area contributed by atoms with Crippen LogP contribution in [0.3, 0.4) is 0 Å². The van der Waals surface area contributed by atoms with Gasteiger partial charge in [0, 0.05) is 0 Å². The number of aliphatic hydroxyl groups excluding tert-OH is 3. The van der Waals surface area contributed by atoms with E-state index < -0.39 is 24.4 Å². The first-order valence-corrected chi connectivity index (χ1v) is 8.59. The van der Waals surface area contributed by atoms with Crippen LogP contribution < -0.4 is 0 Å². The average molecular weight is 316 g/mol. The maximum atomic E-state index is 9.73. The molecule has 1 saturated heterocycles. The van der Waals surface area contributed by atoms with Crippen molar-refractivity contribution in [3.63, 3.8) is 0 Å². The quantitative estimate of drug-likeness (QED) is 0.402. The standard InChI is InChI=1S/C17H32O5/c1-2-3-4-5-6-7-8-9-10-11-21-13-15-17(20)16(19)14(18)12-22-15/h10-11,14-20H,2-9,12-13H2,1H3/b11-10+/t14-,15+,16+,17+/m0/s1. The minimum absolute atomic E-state index is 0.0218. The van der Waals surface area contributed by atoms with E-state index in [9.17, 15) is 15.3 Å². The molecule has 0 aromatic carbocycles. The third-order valence-corrected chi connectivity index (χ3v) is 4.03. The first-order valence-electron chi connectivity index (χ1n) is 8.59. The van der Waals surface area contributed by atoms with Crippen LogP contribution in [0.2, 0.25) is 0 Å². The predicted octanol–water partition coefficient (Wildman–Crippen LogP) is 2.14. The van der Waals surface area contributed by atoms with Crippen molar-refractivity contribution in [2.24, 2.45) is 0 Å². The Morgan fingerprint density at radius 1 is 1.00 bits per heavy atom. The van der Waals surface area contributed by atoms with Crippen LogP contribution in [0.15, 0.2) is 12.3 Å². The Morgan fingerprint density at radius 3 is 2.41 bits per heavy atom. The molecule has 5 heteroatoms. The van der Waals surface area contributed by atoms with Crippen LogP contribution in [-0.4, -0.2) is 52.9 Å². The highest BCUT2D eigenvalue weighted by atomic mass is 16.6. The molecule has 1 fully saturated rings. The van der Waals surface area contributed by atoms with Gasteiger partial charge in [-0.05, 0) is 18.9 Å². The highest BCUT2D eigenvalue weighted by Gasteiger charge is 2.37. The lowest BCUT2D eigenvalue weighted by Crippen LogP contribution is -2.54. The van der Waals surface area contributed by atoms with Crippen LogP contribution in [0.5, 0.6) is 0 Å². The molecule has 0 saturated carbocycles. The lowest BCUT2D eigenvalue weighted by Gasteiger charge is -2.34. The maximum absolute atomic E-state index is 9.73. The van der Waals surface area contributed by atoms with Gasteiger partial charge in [0.15, 0.2) is 0 Å². The van der Waals surface area contributed by atoms with Crippen molar-refractivity contribution in [1.82, 2.24) is 0 Å². The Kier molecular flexibility index (Phi) is 10.5. The summed E-state index contributed by atoms with van der Waals surface area (Å²) in [6.07, 6.45) is 9.72. The molecular formula is C17H32O5. The number of allylic oxidation sites excluding steroid dienone is 1. The molecule has 0 bridgehead atoms. The molecule has 3 N–H and O–H groups in total. The van der Waals surface area contributed by atoms with Gasteiger partial charge in [-0.3, -0.25) is 0 Å². The lowest BCUT2D eigenvalue weighted by atomic mass is 10.0. The van der Waals surface area contributed by atoms with Gasteiger partial charge >= 0.3 is 0 Å². The largest absolute Gasteiger partial charge is 0.499 e. The molecule has 0 radical (unpaired) electrons. The Morgan fingerprint density at radius 2 is 1.68 bits per heavy atom. The van der Waals surface area contributed by atoms with Gasteiger partial charge in [-0.25, -0.2) is 0 Å². The summed E-state index contributed by atoms with van der Waals surface area (Å²) >= 11 is 0. The Bertz CT molecular complexity index is 295. The summed E-state index contributed by atoms with van der Waals surface area (Å²) in [7, 11) is 0. The molecule has 0 unspecified atom stereocenters. The molecule has 0 aromatic rings. The summed E-state index contributed by atoms with van der Waals surface area (Å²) in [6, 6.07) is 0. The Balaban J connectivity index is 1.98. The second kappa shape index (κ2) is 11.9. The van der Waals surface area contributed by atoms with Crippen LogP contribution in [0, 0.1) is 0 Å². The zero-order valence-electron chi connectivity index (χ0n) is 13.7. The van der Waals surface area contributed by atoms with Gasteiger partial charge in [0.2, 0.25) is 0 Å². The summed E-state index contributed by atoms with van der Waals surface area (Å²) < 4.78 is 10.6. The highest BCUT2D eigenvalue weighted by Crippen LogP contribution is 2.16. The molecule has 1 rings (SSSR count). The van der Waals surface area contributed by atoms with E-state index in [0.717, 1.165) is 6.42 Å². The zero-order chi connectivity index (χ0) is 16.2. The smallest absolute Gasteiger partial charge is 0.120 e. The second-order valence-corrected chi connectivity index (χ2v) is 6.04. The van der Waals surface area contributed by atoms with E-state index in [-0.39, 0.29) is 13.2 Å². The van der Waals surface area contributed by atoms with E-state index in [1.54, 1.807) is 6.26 Å². The van der Waals surface area contributed by atoms with Crippen LogP contribution >= 0.6 is 0 Å². The topological polar surface area (TPSA) is 79.2 Å². The van der Waals surface area contributed by atoms with E-state index in [1.165, 1.54) is 44.9 Å². The number of ether oxygens (including phenoxy) is 2. The fraction of sp³-hybridized carbons (Fsp3) is 0.882. The molecule has 1 heterocycles. The minimum atomic E-state index is -1.17. The normalized spacial score (nSPS) is 29.1. The summed E-state index contributed by atoms with van der Waals surface area (Å²) in [6.45, 7) is 2.43. The molecule has 0 spiro atoms. The van der Waals surface area contributed by atoms with Crippen molar-refractivity contribution in [3.05, 3.63) is 12.3 Å². The summed E-state index contributed by atoms with van der Waals surface area (Å²) in [5.74, 6) is 0. The van der Waals surface area contributed by atoms with E-state index in [2.05, 4.69) is 6.92 Å². The Hall–Kier alpha value is -0.620. The minimum Gasteiger partial charge on any atom is -0.499 e. The zero-order valence-corrected chi connectivity index (χ0v) is 13.7. The fourth-order valence-electron chi connectivity index (χ4n) is 2.52. The number of unbranched alkanes of at least 4 members (excludes halogenated alkanes) is 7. The summed E-state index contributed by atoms with van der Waals surface area (Å²) in [5, 5.41) is 28.6. The first kappa shape index (κ1) is 19.4. The molecular weight excluding hydrogens is 284 g/mol. The summed E-state index contributed by atoms with van der Waals surface area (Å²) in [5.41, 5.74) is 0. The van der Waals surface area contributed by atoms with Crippen molar-refractivity contribution < 1.29 is 24.8 Å². The molecule has 130 valence electrons. The highest BCUT2D eigenvalue weighted by molar-refractivity contribution is 4.87. The number of aliphatic hydroxyl groups is 3. The third kappa shape index (κ3) is 7.58. The molecule has 0 aliphatic carbocycles. The first-order chi connectivity index (χ1) is 10.7. The molecule has 1 aliphatic heterocycles. The van der Waals surface area contributed by atoms with Gasteiger partial charge in [0.05, 0.1) is 12.9 Å². The number of hydrogen-bond donors (Lipinski definition) is 3. The molecule has 0 amide bonds. The van der Waals surface area contributed by atoms with Crippen molar-refractivity contribution in [3.8, 4) is 0 Å². The monoisotopic (exact) mass is 316 g/mol. The van der Waals surface area contributed by atoms with E-state index >= 15 is 0 Å². The lowest BCUT2D eigenvalue weighted by molar-refractivity contribution is -0.195. The van der Waals surface area contributed by atoms with Gasteiger partial charge in [0.1, 0.15) is 31.0 Å². The van der Waals surface area contributed by atoms with Gasteiger partial charge < -0.3 is 24.8 Å². The second-order valence-electron chi connectivity index (χ2n) is 6.04. The fourth-order valence-corrected chi connectivity index (χ4v) is 2.52. The SMILES string of the molecule is CCCCCCCCC/C=C/OC[C@H]1OC[C@H](O)[C@@H](O)[C@@H]1O. The van der Waals surface area contributed by atoms with Gasteiger partial charge in [-0.2, -0.15) is 0 Å². The van der Waals surface area contributed by atoms with Gasteiger partial charge in [-0.15, -0.1) is 0 Å². The molecule has 22 heavy (non-hydrogen) atoms. The molecule has 0 aromatic heterocycles. The van der Waals surface area contributed by atoms with Crippen LogP contribution in [0.1, 0.15) is 58.3 Å². The number of hydrogen-bond acceptors (Lipinski definition) is 5. The summed E-state index contributed by atoms with van der Waals surface area (Å²) in [4.78, 5) is 0. The van der Waals surface area contributed by atoms with Crippen LogP contribution in [0.4, 0.5) is 0 Å². The van der Waals surface area contributed by atoms with E-state index in [0.29, 0.717) is 0 Å². The molecule has 1 aliphatic rings. The Labute approximate surface area is 133 Å². The van der Waals surface area contributed by atoms with Crippen molar-refractivity contribution in [2.75, 3.05) is 13.2 Å². The molecule has 4 atom stereocenters. The van der Waals surface area contributed by atoms with Gasteiger partial charge in [-0.1, -0.05) is 45.4 Å². The predicted molar refractivity (Wildman–Crippen MR) is 85.5 cm³/mol. The molecule has 5 nitrogen and oxygen atoms in total. The average Bonchev–Trinajstić information content (AvgIpc) is 2.52. The number of rotatable bonds is 11. The third-order valence-electron chi connectivity index (χ3n) is 4.03.